The SMILES string of the molecule is Cn1c(-c2ccc(Cl)cn2)nn(Cc2cncc(C#N)c2)c1=O. The molecule has 23 heavy (non-hydrogen) atoms. The summed E-state index contributed by atoms with van der Waals surface area (Å²) in [4.78, 5) is 20.5. The molecule has 114 valence electrons. The third-order valence-electron chi connectivity index (χ3n) is 3.25. The molecular weight excluding hydrogens is 316 g/mol. The standard InChI is InChI=1S/C15H11ClN6O/c1-21-14(13-3-2-12(16)8-19-13)20-22(15(21)23)9-11-4-10(5-17)6-18-7-11/h2-4,6-8H,9H2,1H3. The zero-order valence-corrected chi connectivity index (χ0v) is 12.9. The van der Waals surface area contributed by atoms with Crippen molar-refractivity contribution in [3.05, 3.63) is 63.4 Å². The maximum Gasteiger partial charge on any atom is 0.346 e. The van der Waals surface area contributed by atoms with E-state index in [-0.39, 0.29) is 12.2 Å². The van der Waals surface area contributed by atoms with E-state index < -0.39 is 0 Å². The molecule has 0 aliphatic rings. The molecule has 3 aromatic rings. The lowest BCUT2D eigenvalue weighted by molar-refractivity contribution is 0.645. The van der Waals surface area contributed by atoms with Crippen LogP contribution in [0.2, 0.25) is 5.02 Å². The maximum atomic E-state index is 12.3. The molecule has 0 aliphatic heterocycles. The van der Waals surface area contributed by atoms with E-state index >= 15 is 0 Å². The van der Waals surface area contributed by atoms with Gasteiger partial charge in [-0.1, -0.05) is 11.6 Å². The Hall–Kier alpha value is -2.98. The Morgan fingerprint density at radius 2 is 2.13 bits per heavy atom. The lowest BCUT2D eigenvalue weighted by Gasteiger charge is -2.00. The highest BCUT2D eigenvalue weighted by atomic mass is 35.5. The van der Waals surface area contributed by atoms with Crippen molar-refractivity contribution in [3.63, 3.8) is 0 Å². The van der Waals surface area contributed by atoms with Gasteiger partial charge in [-0.25, -0.2) is 9.48 Å². The lowest BCUT2D eigenvalue weighted by Crippen LogP contribution is -2.23. The normalized spacial score (nSPS) is 10.5. The van der Waals surface area contributed by atoms with Crippen LogP contribution in [-0.2, 0) is 13.6 Å². The van der Waals surface area contributed by atoms with E-state index in [1.54, 1.807) is 31.4 Å². The van der Waals surface area contributed by atoms with Crippen molar-refractivity contribution in [2.75, 3.05) is 0 Å². The van der Waals surface area contributed by atoms with E-state index in [1.807, 2.05) is 6.07 Å². The largest absolute Gasteiger partial charge is 0.346 e. The quantitative estimate of drug-likeness (QED) is 0.729. The molecule has 3 rings (SSSR count). The van der Waals surface area contributed by atoms with Gasteiger partial charge in [0.05, 0.1) is 17.1 Å². The summed E-state index contributed by atoms with van der Waals surface area (Å²) in [7, 11) is 1.63. The number of halogens is 1. The van der Waals surface area contributed by atoms with Crippen LogP contribution in [0.5, 0.6) is 0 Å². The van der Waals surface area contributed by atoms with E-state index in [9.17, 15) is 4.79 Å². The molecule has 0 saturated carbocycles. The highest BCUT2D eigenvalue weighted by Gasteiger charge is 2.13. The second-order valence-corrected chi connectivity index (χ2v) is 5.31. The van der Waals surface area contributed by atoms with Crippen LogP contribution in [0.15, 0.2) is 41.6 Å². The number of hydrogen-bond donors (Lipinski definition) is 0. The molecule has 0 fully saturated rings. The van der Waals surface area contributed by atoms with Crippen LogP contribution in [0.1, 0.15) is 11.1 Å². The Morgan fingerprint density at radius 1 is 1.30 bits per heavy atom. The molecule has 0 spiro atoms. The van der Waals surface area contributed by atoms with Gasteiger partial charge >= 0.3 is 5.69 Å². The molecule has 3 heterocycles. The number of nitriles is 1. The number of hydrogen-bond acceptors (Lipinski definition) is 5. The van der Waals surface area contributed by atoms with Crippen molar-refractivity contribution in [1.82, 2.24) is 24.3 Å². The van der Waals surface area contributed by atoms with Crippen molar-refractivity contribution < 1.29 is 0 Å². The van der Waals surface area contributed by atoms with Crippen LogP contribution in [-0.4, -0.2) is 24.3 Å². The smallest absolute Gasteiger partial charge is 0.277 e. The zero-order chi connectivity index (χ0) is 16.4. The Balaban J connectivity index is 1.98. The summed E-state index contributed by atoms with van der Waals surface area (Å²) < 4.78 is 2.72. The highest BCUT2D eigenvalue weighted by molar-refractivity contribution is 6.30. The fraction of sp³-hybridized carbons (Fsp3) is 0.133. The minimum absolute atomic E-state index is 0.225. The van der Waals surface area contributed by atoms with Gasteiger partial charge in [0.25, 0.3) is 0 Å². The summed E-state index contributed by atoms with van der Waals surface area (Å²) in [5.41, 5.74) is 1.43. The number of rotatable bonds is 3. The first kappa shape index (κ1) is 14.9. The van der Waals surface area contributed by atoms with Crippen LogP contribution in [0.4, 0.5) is 0 Å². The summed E-state index contributed by atoms with van der Waals surface area (Å²) in [6, 6.07) is 7.08. The topological polar surface area (TPSA) is 89.4 Å². The van der Waals surface area contributed by atoms with E-state index in [4.69, 9.17) is 16.9 Å². The van der Waals surface area contributed by atoms with Crippen molar-refractivity contribution in [3.8, 4) is 17.6 Å². The molecule has 3 aromatic heterocycles. The average molecular weight is 327 g/mol. The van der Waals surface area contributed by atoms with Gasteiger partial charge in [-0.3, -0.25) is 14.5 Å². The second-order valence-electron chi connectivity index (χ2n) is 4.88. The van der Waals surface area contributed by atoms with Crippen LogP contribution in [0.25, 0.3) is 11.5 Å². The summed E-state index contributed by atoms with van der Waals surface area (Å²) in [5.74, 6) is 0.441. The van der Waals surface area contributed by atoms with Crippen molar-refractivity contribution in [2.24, 2.45) is 7.05 Å². The molecule has 0 bridgehead atoms. The van der Waals surface area contributed by atoms with E-state index in [0.717, 1.165) is 5.56 Å². The monoisotopic (exact) mass is 326 g/mol. The average Bonchev–Trinajstić information content (AvgIpc) is 2.84. The predicted molar refractivity (Wildman–Crippen MR) is 83.8 cm³/mol. The minimum atomic E-state index is -0.279. The van der Waals surface area contributed by atoms with Gasteiger partial charge in [-0.2, -0.15) is 5.26 Å². The highest BCUT2D eigenvalue weighted by Crippen LogP contribution is 2.15. The summed E-state index contributed by atoms with van der Waals surface area (Å²) in [5, 5.41) is 13.7. The Kier molecular flexibility index (Phi) is 3.91. The lowest BCUT2D eigenvalue weighted by atomic mass is 10.2. The fourth-order valence-corrected chi connectivity index (χ4v) is 2.24. The van der Waals surface area contributed by atoms with Crippen LogP contribution < -0.4 is 5.69 Å². The van der Waals surface area contributed by atoms with Gasteiger partial charge in [0.15, 0.2) is 5.82 Å². The Bertz CT molecular complexity index is 951. The molecule has 7 nitrogen and oxygen atoms in total. The van der Waals surface area contributed by atoms with Crippen LogP contribution in [0, 0.1) is 11.3 Å². The molecular formula is C15H11ClN6O. The molecule has 0 saturated heterocycles. The number of aromatic nitrogens is 5. The molecule has 0 radical (unpaired) electrons. The predicted octanol–water partition coefficient (Wildman–Crippen LogP) is 1.61. The van der Waals surface area contributed by atoms with Gasteiger partial charge in [0.2, 0.25) is 0 Å². The molecule has 8 heteroatoms. The maximum absolute atomic E-state index is 12.3. The van der Waals surface area contributed by atoms with Crippen molar-refractivity contribution in [2.45, 2.75) is 6.54 Å². The first-order valence-corrected chi connectivity index (χ1v) is 7.06. The second kappa shape index (κ2) is 6.02. The first-order chi connectivity index (χ1) is 11.1. The Labute approximate surface area is 136 Å². The van der Waals surface area contributed by atoms with E-state index in [0.29, 0.717) is 22.1 Å². The van der Waals surface area contributed by atoms with Crippen LogP contribution >= 0.6 is 11.6 Å². The first-order valence-electron chi connectivity index (χ1n) is 6.68. The summed E-state index contributed by atoms with van der Waals surface area (Å²) in [6.45, 7) is 0.225. The van der Waals surface area contributed by atoms with Crippen molar-refractivity contribution in [1.29, 1.82) is 5.26 Å². The van der Waals surface area contributed by atoms with Crippen molar-refractivity contribution >= 4 is 11.6 Å². The van der Waals surface area contributed by atoms with E-state index in [1.165, 1.54) is 21.6 Å². The number of pyridine rings is 2. The summed E-state index contributed by atoms with van der Waals surface area (Å²) in [6.07, 6.45) is 4.57. The molecule has 0 aliphatic carbocycles. The minimum Gasteiger partial charge on any atom is -0.277 e. The number of nitrogens with zero attached hydrogens (tertiary/aromatic N) is 6. The molecule has 0 amide bonds. The van der Waals surface area contributed by atoms with Gasteiger partial charge in [-0.05, 0) is 23.8 Å². The third-order valence-corrected chi connectivity index (χ3v) is 3.48. The molecule has 0 N–H and O–H groups in total. The van der Waals surface area contributed by atoms with Gasteiger partial charge in [0.1, 0.15) is 11.8 Å². The van der Waals surface area contributed by atoms with E-state index in [2.05, 4.69) is 15.1 Å². The van der Waals surface area contributed by atoms with Gasteiger partial charge in [-0.15, -0.1) is 5.10 Å². The third kappa shape index (κ3) is 2.98. The summed E-state index contributed by atoms with van der Waals surface area (Å²) >= 11 is 5.82. The van der Waals surface area contributed by atoms with Gasteiger partial charge < -0.3 is 0 Å². The fourth-order valence-electron chi connectivity index (χ4n) is 2.13. The van der Waals surface area contributed by atoms with Crippen LogP contribution in [0.3, 0.4) is 0 Å². The van der Waals surface area contributed by atoms with Gasteiger partial charge in [0, 0.05) is 25.6 Å². The zero-order valence-electron chi connectivity index (χ0n) is 12.1. The molecule has 0 aromatic carbocycles. The molecule has 0 unspecified atom stereocenters. The molecule has 0 atom stereocenters. The Morgan fingerprint density at radius 3 is 2.83 bits per heavy atom.